The Hall–Kier alpha value is -1.83. The number of likely N-dealkylation sites (tertiary alicyclic amines) is 1. The molecule has 0 bridgehead atoms. The number of nitrogens with zero attached hydrogens (tertiary/aromatic N) is 1. The second kappa shape index (κ2) is 5.88. The van der Waals surface area contributed by atoms with Gasteiger partial charge in [0.05, 0.1) is 19.6 Å². The normalized spacial score (nSPS) is 32.0. The molecule has 0 aliphatic carbocycles. The molecule has 3 unspecified atom stereocenters. The molecule has 118 valence electrons. The van der Waals surface area contributed by atoms with Gasteiger partial charge in [-0.05, 0) is 5.92 Å². The molecule has 0 aromatic carbocycles. The fourth-order valence-electron chi connectivity index (χ4n) is 2.76. The Balaban J connectivity index is 2.01. The molecule has 2 rings (SSSR count). The van der Waals surface area contributed by atoms with E-state index < -0.39 is 17.5 Å². The highest BCUT2D eigenvalue weighted by Gasteiger charge is 2.46. The largest absolute Gasteiger partial charge is 0.479 e. The molecule has 2 N–H and O–H groups in total. The zero-order chi connectivity index (χ0) is 15.6. The fraction of sp³-hybridized carbons (Fsp3) is 0.769. The Morgan fingerprint density at radius 3 is 2.62 bits per heavy atom. The Labute approximate surface area is 122 Å². The lowest BCUT2D eigenvalue weighted by Gasteiger charge is -2.27. The van der Waals surface area contributed by atoms with Crippen molar-refractivity contribution in [3.63, 3.8) is 0 Å². The van der Waals surface area contributed by atoms with Crippen molar-refractivity contribution in [1.82, 2.24) is 10.2 Å². The minimum absolute atomic E-state index is 0.0243. The number of methoxy groups -OCH3 is 1. The van der Waals surface area contributed by atoms with Crippen LogP contribution < -0.4 is 5.32 Å². The second-order valence-corrected chi connectivity index (χ2v) is 5.63. The molecule has 2 amide bonds. The molecule has 2 heterocycles. The summed E-state index contributed by atoms with van der Waals surface area (Å²) in [5.74, 6) is -1.86. The van der Waals surface area contributed by atoms with E-state index >= 15 is 0 Å². The molecule has 0 aromatic heterocycles. The van der Waals surface area contributed by atoms with Crippen molar-refractivity contribution in [2.45, 2.75) is 18.9 Å². The maximum Gasteiger partial charge on any atom is 0.332 e. The van der Waals surface area contributed by atoms with Crippen LogP contribution in [-0.2, 0) is 19.1 Å². The van der Waals surface area contributed by atoms with Crippen LogP contribution in [0.5, 0.6) is 0 Å². The number of rotatable bonds is 3. The van der Waals surface area contributed by atoms with Gasteiger partial charge in [0.1, 0.15) is 0 Å². The predicted molar refractivity (Wildman–Crippen MR) is 70.6 cm³/mol. The van der Waals surface area contributed by atoms with Crippen molar-refractivity contribution in [3.8, 4) is 0 Å². The molecule has 2 saturated heterocycles. The van der Waals surface area contributed by atoms with Crippen LogP contribution in [0, 0.1) is 11.8 Å². The van der Waals surface area contributed by atoms with Crippen LogP contribution in [0.15, 0.2) is 0 Å². The number of carboxylic acid groups (broad SMARTS) is 1. The van der Waals surface area contributed by atoms with E-state index in [4.69, 9.17) is 9.47 Å². The van der Waals surface area contributed by atoms with Crippen LogP contribution in [0.4, 0.5) is 4.79 Å². The highest BCUT2D eigenvalue weighted by Crippen LogP contribution is 2.25. The third-order valence-corrected chi connectivity index (χ3v) is 4.18. The summed E-state index contributed by atoms with van der Waals surface area (Å²) in [4.78, 5) is 36.7. The van der Waals surface area contributed by atoms with E-state index in [1.54, 1.807) is 0 Å². The number of hydrogen-bond acceptors (Lipinski definition) is 5. The molecular formula is C13H20N2O6. The van der Waals surface area contributed by atoms with E-state index in [0.717, 1.165) is 0 Å². The minimum Gasteiger partial charge on any atom is -0.479 e. The zero-order valence-corrected chi connectivity index (χ0v) is 12.1. The van der Waals surface area contributed by atoms with Crippen LogP contribution in [0.3, 0.4) is 0 Å². The average molecular weight is 300 g/mol. The van der Waals surface area contributed by atoms with Gasteiger partial charge in [-0.1, -0.05) is 6.92 Å². The summed E-state index contributed by atoms with van der Waals surface area (Å²) in [6.45, 7) is 2.74. The first-order valence-corrected chi connectivity index (χ1v) is 6.85. The van der Waals surface area contributed by atoms with Crippen molar-refractivity contribution in [2.75, 3.05) is 33.4 Å². The third kappa shape index (κ3) is 2.94. The van der Waals surface area contributed by atoms with Crippen LogP contribution in [0.2, 0.25) is 0 Å². The van der Waals surface area contributed by atoms with Crippen LogP contribution in [0.25, 0.3) is 0 Å². The van der Waals surface area contributed by atoms with Gasteiger partial charge in [-0.15, -0.1) is 0 Å². The number of esters is 1. The lowest BCUT2D eigenvalue weighted by molar-refractivity contribution is -0.146. The lowest BCUT2D eigenvalue weighted by Crippen LogP contribution is -2.58. The average Bonchev–Trinajstić information content (AvgIpc) is 3.05. The van der Waals surface area contributed by atoms with E-state index in [2.05, 4.69) is 5.32 Å². The summed E-state index contributed by atoms with van der Waals surface area (Å²) >= 11 is 0. The topological polar surface area (TPSA) is 105 Å². The van der Waals surface area contributed by atoms with E-state index in [1.165, 1.54) is 12.0 Å². The van der Waals surface area contributed by atoms with Crippen molar-refractivity contribution in [2.24, 2.45) is 11.8 Å². The summed E-state index contributed by atoms with van der Waals surface area (Å²) in [6, 6.07) is -0.485. The predicted octanol–water partition coefficient (Wildman–Crippen LogP) is -0.319. The molecule has 3 atom stereocenters. The SMILES string of the molecule is COC(=O)C1CN(C(=O)NC2(C(=O)O)CCOC2)CC1C. The van der Waals surface area contributed by atoms with Crippen LogP contribution >= 0.6 is 0 Å². The first-order valence-electron chi connectivity index (χ1n) is 6.85. The Morgan fingerprint density at radius 1 is 1.38 bits per heavy atom. The maximum atomic E-state index is 12.3. The molecular weight excluding hydrogens is 280 g/mol. The Morgan fingerprint density at radius 2 is 2.10 bits per heavy atom. The number of aliphatic carboxylic acids is 1. The molecule has 0 aromatic rings. The third-order valence-electron chi connectivity index (χ3n) is 4.18. The smallest absolute Gasteiger partial charge is 0.332 e. The molecule has 0 radical (unpaired) electrons. The summed E-state index contributed by atoms with van der Waals surface area (Å²) in [5, 5.41) is 11.8. The number of ether oxygens (including phenoxy) is 2. The first kappa shape index (κ1) is 15.6. The van der Waals surface area contributed by atoms with Gasteiger partial charge in [-0.2, -0.15) is 0 Å². The fourth-order valence-corrected chi connectivity index (χ4v) is 2.76. The van der Waals surface area contributed by atoms with Crippen LogP contribution in [0.1, 0.15) is 13.3 Å². The summed E-state index contributed by atoms with van der Waals surface area (Å²) in [6.07, 6.45) is 0.234. The van der Waals surface area contributed by atoms with Gasteiger partial charge in [0.15, 0.2) is 5.54 Å². The summed E-state index contributed by atoms with van der Waals surface area (Å²) < 4.78 is 9.81. The van der Waals surface area contributed by atoms with Crippen LogP contribution in [-0.4, -0.2) is 66.9 Å². The van der Waals surface area contributed by atoms with Gasteiger partial charge in [0, 0.05) is 26.1 Å². The molecule has 2 fully saturated rings. The van der Waals surface area contributed by atoms with Crippen molar-refractivity contribution in [3.05, 3.63) is 0 Å². The van der Waals surface area contributed by atoms with E-state index in [9.17, 15) is 19.5 Å². The van der Waals surface area contributed by atoms with Gasteiger partial charge >= 0.3 is 18.0 Å². The number of carbonyl (C=O) groups excluding carboxylic acids is 2. The van der Waals surface area contributed by atoms with Crippen molar-refractivity contribution < 1.29 is 29.0 Å². The number of carboxylic acids is 1. The number of carbonyl (C=O) groups is 3. The number of hydrogen-bond donors (Lipinski definition) is 2. The number of nitrogens with one attached hydrogen (secondary N) is 1. The highest BCUT2D eigenvalue weighted by atomic mass is 16.5. The Kier molecular flexibility index (Phi) is 4.36. The van der Waals surface area contributed by atoms with Gasteiger partial charge in [-0.25, -0.2) is 9.59 Å². The van der Waals surface area contributed by atoms with E-state index in [1.807, 2.05) is 6.92 Å². The zero-order valence-electron chi connectivity index (χ0n) is 12.1. The van der Waals surface area contributed by atoms with Gasteiger partial charge < -0.3 is 24.8 Å². The highest BCUT2D eigenvalue weighted by molar-refractivity contribution is 5.87. The minimum atomic E-state index is -1.37. The second-order valence-electron chi connectivity index (χ2n) is 5.63. The molecule has 21 heavy (non-hydrogen) atoms. The molecule has 2 aliphatic rings. The summed E-state index contributed by atoms with van der Waals surface area (Å²) in [7, 11) is 1.31. The standard InChI is InChI=1S/C13H20N2O6/c1-8-5-15(6-9(8)10(16)20-2)12(19)14-13(11(17)18)3-4-21-7-13/h8-9H,3-7H2,1-2H3,(H,14,19)(H,17,18). The molecule has 0 spiro atoms. The Bertz CT molecular complexity index is 446. The van der Waals surface area contributed by atoms with Gasteiger partial charge in [-0.3, -0.25) is 4.79 Å². The number of amides is 2. The monoisotopic (exact) mass is 300 g/mol. The summed E-state index contributed by atoms with van der Waals surface area (Å²) in [5.41, 5.74) is -1.37. The molecule has 2 aliphatic heterocycles. The van der Waals surface area contributed by atoms with Crippen molar-refractivity contribution in [1.29, 1.82) is 0 Å². The van der Waals surface area contributed by atoms with Crippen molar-refractivity contribution >= 4 is 18.0 Å². The number of urea groups is 1. The van der Waals surface area contributed by atoms with E-state index in [0.29, 0.717) is 13.2 Å². The first-order chi connectivity index (χ1) is 9.89. The van der Waals surface area contributed by atoms with Gasteiger partial charge in [0.2, 0.25) is 0 Å². The molecule has 0 saturated carbocycles. The molecule has 8 nitrogen and oxygen atoms in total. The maximum absolute atomic E-state index is 12.3. The van der Waals surface area contributed by atoms with Gasteiger partial charge in [0.25, 0.3) is 0 Å². The molecule has 8 heteroatoms. The van der Waals surface area contributed by atoms with E-state index in [-0.39, 0.29) is 37.4 Å². The quantitative estimate of drug-likeness (QED) is 0.692. The lowest BCUT2D eigenvalue weighted by atomic mass is 9.99.